The van der Waals surface area contributed by atoms with Gasteiger partial charge in [-0.3, -0.25) is 4.79 Å². The Morgan fingerprint density at radius 3 is 2.56 bits per heavy atom. The number of nitrogens with zero attached hydrogens (tertiary/aromatic N) is 2. The molecule has 0 aliphatic heterocycles. The van der Waals surface area contributed by atoms with E-state index in [1.54, 1.807) is 0 Å². The van der Waals surface area contributed by atoms with Crippen LogP contribution in [0.4, 0.5) is 0 Å². The van der Waals surface area contributed by atoms with Crippen LogP contribution in [0.15, 0.2) is 48.5 Å². The molecule has 2 aromatic carbocycles. The summed E-state index contributed by atoms with van der Waals surface area (Å²) in [5, 5.41) is 3.02. The predicted octanol–water partition coefficient (Wildman–Crippen LogP) is 3.66. The summed E-state index contributed by atoms with van der Waals surface area (Å²) in [7, 11) is 0. The molecule has 1 amide bonds. The lowest BCUT2D eigenvalue weighted by Gasteiger charge is -2.09. The molecule has 4 nitrogen and oxygen atoms in total. The van der Waals surface area contributed by atoms with Gasteiger partial charge in [-0.05, 0) is 43.0 Å². The molecule has 0 atom stereocenters. The minimum absolute atomic E-state index is 0.0987. The van der Waals surface area contributed by atoms with Crippen molar-refractivity contribution in [3.05, 3.63) is 65.5 Å². The van der Waals surface area contributed by atoms with E-state index >= 15 is 0 Å². The Morgan fingerprint density at radius 1 is 1.08 bits per heavy atom. The van der Waals surface area contributed by atoms with Crippen LogP contribution in [-0.2, 0) is 24.2 Å². The molecule has 0 saturated carbocycles. The van der Waals surface area contributed by atoms with Crippen molar-refractivity contribution in [2.75, 3.05) is 6.54 Å². The Kier molecular flexibility index (Phi) is 5.49. The van der Waals surface area contributed by atoms with E-state index in [0.29, 0.717) is 13.0 Å². The van der Waals surface area contributed by atoms with E-state index in [-0.39, 0.29) is 5.91 Å². The van der Waals surface area contributed by atoms with E-state index in [0.717, 1.165) is 36.2 Å². The molecule has 0 aliphatic carbocycles. The molecule has 130 valence electrons. The lowest BCUT2D eigenvalue weighted by molar-refractivity contribution is -0.121. The zero-order valence-corrected chi connectivity index (χ0v) is 15.0. The second-order valence-electron chi connectivity index (χ2n) is 6.32. The van der Waals surface area contributed by atoms with Crippen LogP contribution in [0.1, 0.15) is 30.3 Å². The van der Waals surface area contributed by atoms with E-state index in [9.17, 15) is 4.79 Å². The van der Waals surface area contributed by atoms with Gasteiger partial charge in [0.15, 0.2) is 0 Å². The first kappa shape index (κ1) is 17.2. The average molecular weight is 335 g/mol. The molecular formula is C21H25N3O. The highest BCUT2D eigenvalue weighted by Crippen LogP contribution is 2.14. The van der Waals surface area contributed by atoms with Gasteiger partial charge in [0.1, 0.15) is 5.82 Å². The van der Waals surface area contributed by atoms with Gasteiger partial charge in [0, 0.05) is 19.5 Å². The molecule has 1 N–H and O–H groups in total. The molecule has 0 spiro atoms. The second-order valence-corrected chi connectivity index (χ2v) is 6.32. The van der Waals surface area contributed by atoms with E-state index < -0.39 is 0 Å². The van der Waals surface area contributed by atoms with Crippen molar-refractivity contribution in [2.45, 2.75) is 39.7 Å². The lowest BCUT2D eigenvalue weighted by atomic mass is 10.1. The Balaban J connectivity index is 1.48. The predicted molar refractivity (Wildman–Crippen MR) is 102 cm³/mol. The quantitative estimate of drug-likeness (QED) is 0.716. The molecule has 1 aromatic heterocycles. The van der Waals surface area contributed by atoms with Crippen molar-refractivity contribution < 1.29 is 4.79 Å². The van der Waals surface area contributed by atoms with Gasteiger partial charge in [-0.15, -0.1) is 0 Å². The fourth-order valence-corrected chi connectivity index (χ4v) is 3.07. The summed E-state index contributed by atoms with van der Waals surface area (Å²) in [6, 6.07) is 16.6. The van der Waals surface area contributed by atoms with Crippen molar-refractivity contribution in [3.8, 4) is 0 Å². The Bertz CT molecular complexity index is 849. The third-order valence-corrected chi connectivity index (χ3v) is 4.57. The number of hydrogen-bond donors (Lipinski definition) is 1. The van der Waals surface area contributed by atoms with Gasteiger partial charge in [-0.1, -0.05) is 43.3 Å². The molecule has 1 heterocycles. The normalized spacial score (nSPS) is 11.0. The first-order valence-electron chi connectivity index (χ1n) is 8.93. The van der Waals surface area contributed by atoms with Crippen LogP contribution in [-0.4, -0.2) is 22.0 Å². The Labute approximate surface area is 148 Å². The maximum atomic E-state index is 12.1. The van der Waals surface area contributed by atoms with Crippen LogP contribution in [0.3, 0.4) is 0 Å². The number of aryl methyl sites for hydroxylation is 3. The molecule has 0 fully saturated rings. The zero-order chi connectivity index (χ0) is 17.6. The number of benzene rings is 2. The molecule has 0 bridgehead atoms. The van der Waals surface area contributed by atoms with Crippen LogP contribution in [0.25, 0.3) is 11.0 Å². The van der Waals surface area contributed by atoms with E-state index in [4.69, 9.17) is 0 Å². The van der Waals surface area contributed by atoms with E-state index in [1.165, 1.54) is 11.1 Å². The molecule has 3 aromatic rings. The highest BCUT2D eigenvalue weighted by molar-refractivity contribution is 5.77. The first-order chi connectivity index (χ1) is 12.2. The minimum Gasteiger partial charge on any atom is -0.354 e. The highest BCUT2D eigenvalue weighted by atomic mass is 16.1. The van der Waals surface area contributed by atoms with E-state index in [1.807, 2.05) is 25.1 Å². The monoisotopic (exact) mass is 335 g/mol. The molecule has 0 saturated heterocycles. The van der Waals surface area contributed by atoms with Gasteiger partial charge >= 0.3 is 0 Å². The third-order valence-electron chi connectivity index (χ3n) is 4.57. The van der Waals surface area contributed by atoms with Crippen molar-refractivity contribution in [2.24, 2.45) is 0 Å². The number of rotatable bonds is 7. The van der Waals surface area contributed by atoms with Gasteiger partial charge < -0.3 is 9.88 Å². The number of aromatic nitrogens is 2. The van der Waals surface area contributed by atoms with Crippen molar-refractivity contribution >= 4 is 16.9 Å². The maximum absolute atomic E-state index is 12.1. The van der Waals surface area contributed by atoms with Crippen molar-refractivity contribution in [1.29, 1.82) is 0 Å². The number of carbonyl (C=O) groups excluding carboxylic acids is 1. The van der Waals surface area contributed by atoms with Gasteiger partial charge in [0.05, 0.1) is 11.0 Å². The van der Waals surface area contributed by atoms with Gasteiger partial charge in [0.25, 0.3) is 0 Å². The topological polar surface area (TPSA) is 46.9 Å². The lowest BCUT2D eigenvalue weighted by Crippen LogP contribution is -2.27. The minimum atomic E-state index is 0.0987. The Morgan fingerprint density at radius 2 is 1.80 bits per heavy atom. The van der Waals surface area contributed by atoms with Crippen LogP contribution in [0, 0.1) is 6.92 Å². The summed E-state index contributed by atoms with van der Waals surface area (Å²) in [5.74, 6) is 1.08. The second kappa shape index (κ2) is 7.97. The number of imidazole rings is 1. The molecule has 25 heavy (non-hydrogen) atoms. The molecule has 4 heteroatoms. The number of para-hydroxylation sites is 2. The van der Waals surface area contributed by atoms with E-state index in [2.05, 4.69) is 52.1 Å². The van der Waals surface area contributed by atoms with Crippen molar-refractivity contribution in [1.82, 2.24) is 14.9 Å². The SMILES string of the molecule is CCc1ccc(CCC(=O)NCCn2c(C)nc3ccccc32)cc1. The zero-order valence-electron chi connectivity index (χ0n) is 15.0. The largest absolute Gasteiger partial charge is 0.354 e. The fraction of sp³-hybridized carbons (Fsp3) is 0.333. The standard InChI is InChI=1S/C21H25N3O/c1-3-17-8-10-18(11-9-17)12-13-21(25)22-14-15-24-16(2)23-19-6-4-5-7-20(19)24/h4-11H,3,12-15H2,1-2H3,(H,22,25). The van der Waals surface area contributed by atoms with Crippen LogP contribution in [0.2, 0.25) is 0 Å². The smallest absolute Gasteiger partial charge is 0.220 e. The summed E-state index contributed by atoms with van der Waals surface area (Å²) in [6.45, 7) is 5.51. The number of fused-ring (bicyclic) bond motifs is 1. The molecule has 0 radical (unpaired) electrons. The summed E-state index contributed by atoms with van der Waals surface area (Å²) >= 11 is 0. The third kappa shape index (κ3) is 4.27. The highest BCUT2D eigenvalue weighted by Gasteiger charge is 2.07. The number of amides is 1. The van der Waals surface area contributed by atoms with Gasteiger partial charge in [-0.25, -0.2) is 4.98 Å². The van der Waals surface area contributed by atoms with Gasteiger partial charge in [-0.2, -0.15) is 0 Å². The van der Waals surface area contributed by atoms with Gasteiger partial charge in [0.2, 0.25) is 5.91 Å². The maximum Gasteiger partial charge on any atom is 0.220 e. The number of nitrogens with one attached hydrogen (secondary N) is 1. The van der Waals surface area contributed by atoms with Crippen molar-refractivity contribution in [3.63, 3.8) is 0 Å². The fourth-order valence-electron chi connectivity index (χ4n) is 3.07. The summed E-state index contributed by atoms with van der Waals surface area (Å²) in [4.78, 5) is 16.6. The number of carbonyl (C=O) groups is 1. The molecular weight excluding hydrogens is 310 g/mol. The molecule has 3 rings (SSSR count). The molecule has 0 aliphatic rings. The van der Waals surface area contributed by atoms with Crippen LogP contribution < -0.4 is 5.32 Å². The Hall–Kier alpha value is -2.62. The first-order valence-corrected chi connectivity index (χ1v) is 8.93. The van der Waals surface area contributed by atoms with Crippen LogP contribution in [0.5, 0.6) is 0 Å². The van der Waals surface area contributed by atoms with Crippen LogP contribution >= 0.6 is 0 Å². The summed E-state index contributed by atoms with van der Waals surface area (Å²) in [6.07, 6.45) is 2.35. The summed E-state index contributed by atoms with van der Waals surface area (Å²) in [5.41, 5.74) is 4.66. The summed E-state index contributed by atoms with van der Waals surface area (Å²) < 4.78 is 2.15. The average Bonchev–Trinajstić information content (AvgIpc) is 2.96. The molecule has 0 unspecified atom stereocenters. The number of hydrogen-bond acceptors (Lipinski definition) is 2.